The van der Waals surface area contributed by atoms with Crippen LogP contribution >= 0.6 is 11.3 Å². The highest BCUT2D eigenvalue weighted by molar-refractivity contribution is 7.21. The molecule has 3 N–H and O–H groups in total. The molecule has 0 bridgehead atoms. The Morgan fingerprint density at radius 1 is 1.19 bits per heavy atom. The first-order chi connectivity index (χ1) is 12.7. The Kier molecular flexibility index (Phi) is 4.36. The standard InChI is InChI=1S/C18H18N6OS/c1-2-6-12(25)24-10-22-13(11-7-4-3-5-8-11)15(24)18-23-14-16(19)20-9-21-17(14)26-18/h3-5,7-10,12,25H,2,6H2,1H3,(H2,19,20,21). The first-order valence-electron chi connectivity index (χ1n) is 8.36. The number of benzene rings is 1. The van der Waals surface area contributed by atoms with Gasteiger partial charge in [-0.2, -0.15) is 0 Å². The zero-order chi connectivity index (χ0) is 18.1. The van der Waals surface area contributed by atoms with Gasteiger partial charge < -0.3 is 15.4 Å². The van der Waals surface area contributed by atoms with E-state index in [0.717, 1.165) is 23.4 Å². The molecule has 4 aromatic rings. The second-order valence-electron chi connectivity index (χ2n) is 5.92. The zero-order valence-corrected chi connectivity index (χ0v) is 15.0. The molecule has 7 nitrogen and oxygen atoms in total. The third kappa shape index (κ3) is 2.83. The largest absolute Gasteiger partial charge is 0.382 e. The van der Waals surface area contributed by atoms with E-state index in [2.05, 4.69) is 19.9 Å². The lowest BCUT2D eigenvalue weighted by atomic mass is 10.1. The van der Waals surface area contributed by atoms with Gasteiger partial charge in [0.2, 0.25) is 0 Å². The molecule has 0 saturated carbocycles. The van der Waals surface area contributed by atoms with Crippen molar-refractivity contribution < 1.29 is 5.11 Å². The Balaban J connectivity index is 1.94. The molecule has 8 heteroatoms. The van der Waals surface area contributed by atoms with Crippen molar-refractivity contribution in [3.63, 3.8) is 0 Å². The van der Waals surface area contributed by atoms with E-state index < -0.39 is 6.23 Å². The van der Waals surface area contributed by atoms with E-state index in [1.165, 1.54) is 17.7 Å². The van der Waals surface area contributed by atoms with Gasteiger partial charge in [0.1, 0.15) is 33.6 Å². The van der Waals surface area contributed by atoms with Gasteiger partial charge >= 0.3 is 0 Å². The molecular weight excluding hydrogens is 348 g/mol. The predicted molar refractivity (Wildman–Crippen MR) is 102 cm³/mol. The Morgan fingerprint density at radius 2 is 2.00 bits per heavy atom. The number of hydrogen-bond acceptors (Lipinski definition) is 7. The number of aliphatic hydroxyl groups excluding tert-OH is 1. The molecule has 0 radical (unpaired) electrons. The van der Waals surface area contributed by atoms with Crippen molar-refractivity contribution in [1.29, 1.82) is 0 Å². The van der Waals surface area contributed by atoms with Gasteiger partial charge in [-0.25, -0.2) is 19.9 Å². The maximum absolute atomic E-state index is 10.6. The Bertz CT molecular complexity index is 1040. The summed E-state index contributed by atoms with van der Waals surface area (Å²) in [5.41, 5.74) is 9.01. The minimum Gasteiger partial charge on any atom is -0.382 e. The normalized spacial score (nSPS) is 12.5. The van der Waals surface area contributed by atoms with Crippen LogP contribution in [0.1, 0.15) is 26.0 Å². The van der Waals surface area contributed by atoms with Crippen LogP contribution in [0.3, 0.4) is 0 Å². The summed E-state index contributed by atoms with van der Waals surface area (Å²) < 4.78 is 1.77. The van der Waals surface area contributed by atoms with Crippen LogP contribution in [0.5, 0.6) is 0 Å². The molecule has 132 valence electrons. The van der Waals surface area contributed by atoms with E-state index in [9.17, 15) is 5.11 Å². The van der Waals surface area contributed by atoms with Crippen LogP contribution in [0.4, 0.5) is 5.82 Å². The fourth-order valence-electron chi connectivity index (χ4n) is 2.88. The van der Waals surface area contributed by atoms with Crippen molar-refractivity contribution >= 4 is 27.5 Å². The van der Waals surface area contributed by atoms with Crippen LogP contribution in [-0.4, -0.2) is 29.6 Å². The molecule has 1 unspecified atom stereocenters. The van der Waals surface area contributed by atoms with Crippen molar-refractivity contribution in [1.82, 2.24) is 24.5 Å². The van der Waals surface area contributed by atoms with Crippen molar-refractivity contribution in [2.75, 3.05) is 5.73 Å². The molecule has 4 rings (SSSR count). The molecule has 0 aliphatic carbocycles. The molecule has 3 heterocycles. The summed E-state index contributed by atoms with van der Waals surface area (Å²) in [4.78, 5) is 18.2. The summed E-state index contributed by atoms with van der Waals surface area (Å²) in [6.45, 7) is 2.03. The van der Waals surface area contributed by atoms with Gasteiger partial charge in [-0.1, -0.05) is 55.0 Å². The van der Waals surface area contributed by atoms with E-state index in [1.54, 1.807) is 10.9 Å². The molecule has 0 fully saturated rings. The van der Waals surface area contributed by atoms with Crippen LogP contribution in [0.2, 0.25) is 0 Å². The van der Waals surface area contributed by atoms with Crippen molar-refractivity contribution in [2.45, 2.75) is 26.0 Å². The number of rotatable bonds is 5. The first-order valence-corrected chi connectivity index (χ1v) is 9.18. The maximum atomic E-state index is 10.6. The second-order valence-corrected chi connectivity index (χ2v) is 6.89. The smallest absolute Gasteiger partial charge is 0.154 e. The number of imidazole rings is 1. The highest BCUT2D eigenvalue weighted by Gasteiger charge is 2.22. The van der Waals surface area contributed by atoms with E-state index in [1.807, 2.05) is 37.3 Å². The van der Waals surface area contributed by atoms with Crippen LogP contribution < -0.4 is 5.73 Å². The van der Waals surface area contributed by atoms with Crippen LogP contribution in [0.15, 0.2) is 43.0 Å². The lowest BCUT2D eigenvalue weighted by Crippen LogP contribution is -2.08. The number of aliphatic hydroxyl groups is 1. The number of hydrogen-bond donors (Lipinski definition) is 2. The predicted octanol–water partition coefficient (Wildman–Crippen LogP) is 3.49. The molecule has 1 aromatic carbocycles. The second kappa shape index (κ2) is 6.81. The van der Waals surface area contributed by atoms with E-state index in [-0.39, 0.29) is 0 Å². The molecule has 3 aromatic heterocycles. The van der Waals surface area contributed by atoms with Gasteiger partial charge in [0.25, 0.3) is 0 Å². The van der Waals surface area contributed by atoms with Gasteiger partial charge in [-0.05, 0) is 6.42 Å². The average molecular weight is 366 g/mol. The minimum absolute atomic E-state index is 0.346. The van der Waals surface area contributed by atoms with Crippen molar-refractivity contribution in [3.05, 3.63) is 43.0 Å². The van der Waals surface area contributed by atoms with Crippen LogP contribution in [0, 0.1) is 0 Å². The topological polar surface area (TPSA) is 103 Å². The Labute approximate surface area is 154 Å². The monoisotopic (exact) mass is 366 g/mol. The molecular formula is C18H18N6OS. The maximum Gasteiger partial charge on any atom is 0.154 e. The number of nitrogens with zero attached hydrogens (tertiary/aromatic N) is 5. The van der Waals surface area contributed by atoms with Crippen molar-refractivity contribution in [3.8, 4) is 22.0 Å². The highest BCUT2D eigenvalue weighted by Crippen LogP contribution is 2.37. The number of aromatic nitrogens is 5. The molecule has 0 aliphatic heterocycles. The van der Waals surface area contributed by atoms with Crippen molar-refractivity contribution in [2.24, 2.45) is 0 Å². The zero-order valence-electron chi connectivity index (χ0n) is 14.2. The third-order valence-corrected chi connectivity index (χ3v) is 5.11. The summed E-state index contributed by atoms with van der Waals surface area (Å²) in [7, 11) is 0. The summed E-state index contributed by atoms with van der Waals surface area (Å²) in [5, 5.41) is 11.3. The fourth-order valence-corrected chi connectivity index (χ4v) is 3.84. The van der Waals surface area contributed by atoms with Gasteiger partial charge in [-0.3, -0.25) is 0 Å². The number of nitrogens with two attached hydrogens (primary N) is 1. The fraction of sp³-hybridized carbons (Fsp3) is 0.222. The van der Waals surface area contributed by atoms with E-state index >= 15 is 0 Å². The summed E-state index contributed by atoms with van der Waals surface area (Å²) in [6, 6.07) is 9.86. The average Bonchev–Trinajstić information content (AvgIpc) is 3.27. The third-order valence-electron chi connectivity index (χ3n) is 4.14. The Hall–Kier alpha value is -2.84. The lowest BCUT2D eigenvalue weighted by molar-refractivity contribution is 0.0952. The minimum atomic E-state index is -0.671. The van der Waals surface area contributed by atoms with Crippen LogP contribution in [0.25, 0.3) is 32.3 Å². The lowest BCUT2D eigenvalue weighted by Gasteiger charge is -2.14. The molecule has 0 amide bonds. The van der Waals surface area contributed by atoms with E-state index in [0.29, 0.717) is 27.6 Å². The summed E-state index contributed by atoms with van der Waals surface area (Å²) in [5.74, 6) is 0.346. The van der Waals surface area contributed by atoms with Crippen LogP contribution in [-0.2, 0) is 0 Å². The number of fused-ring (bicyclic) bond motifs is 1. The number of anilines is 1. The van der Waals surface area contributed by atoms with Gasteiger partial charge in [-0.15, -0.1) is 0 Å². The molecule has 0 aliphatic rings. The Morgan fingerprint density at radius 3 is 2.73 bits per heavy atom. The quantitative estimate of drug-likeness (QED) is 0.560. The molecule has 1 atom stereocenters. The van der Waals surface area contributed by atoms with Gasteiger partial charge in [0.15, 0.2) is 5.82 Å². The summed E-state index contributed by atoms with van der Waals surface area (Å²) in [6.07, 6.45) is 3.91. The van der Waals surface area contributed by atoms with E-state index in [4.69, 9.17) is 5.73 Å². The van der Waals surface area contributed by atoms with Gasteiger partial charge in [0, 0.05) is 5.56 Å². The van der Waals surface area contributed by atoms with Gasteiger partial charge in [0.05, 0.1) is 12.0 Å². The number of thiazole rings is 1. The summed E-state index contributed by atoms with van der Waals surface area (Å²) >= 11 is 1.41. The first kappa shape index (κ1) is 16.6. The molecule has 0 spiro atoms. The molecule has 26 heavy (non-hydrogen) atoms. The molecule has 0 saturated heterocycles. The SMILES string of the molecule is CCCC(O)n1cnc(-c2ccccc2)c1-c1nc2c(N)ncnc2s1. The highest BCUT2D eigenvalue weighted by atomic mass is 32.1. The number of nitrogen functional groups attached to an aromatic ring is 1.